The smallest absolute Gasteiger partial charge is 0.262 e. The van der Waals surface area contributed by atoms with Crippen molar-refractivity contribution in [3.63, 3.8) is 0 Å². The number of nitrogens with one attached hydrogen (secondary N) is 2. The predicted molar refractivity (Wildman–Crippen MR) is 97.6 cm³/mol. The number of ether oxygens (including phenoxy) is 1. The number of piperazine rings is 1. The summed E-state index contributed by atoms with van der Waals surface area (Å²) in [6, 6.07) is 4.39. The van der Waals surface area contributed by atoms with E-state index in [1.807, 2.05) is 4.90 Å². The van der Waals surface area contributed by atoms with Crippen molar-refractivity contribution in [1.29, 1.82) is 0 Å². The second kappa shape index (κ2) is 7.96. The van der Waals surface area contributed by atoms with Crippen molar-refractivity contribution in [1.82, 2.24) is 14.5 Å². The molecule has 2 amide bonds. The van der Waals surface area contributed by atoms with Crippen LogP contribution in [0.15, 0.2) is 23.1 Å². The molecule has 2 aliphatic rings. The Balaban J connectivity index is 1.63. The van der Waals surface area contributed by atoms with E-state index in [-0.39, 0.29) is 49.5 Å². The number of sulfonamides is 1. The van der Waals surface area contributed by atoms with Crippen LogP contribution >= 0.6 is 0 Å². The molecule has 1 aromatic carbocycles. The second-order valence-corrected chi connectivity index (χ2v) is 8.09. The molecule has 144 valence electrons. The minimum absolute atomic E-state index is 0.109. The summed E-state index contributed by atoms with van der Waals surface area (Å²) in [6.45, 7) is 1.66. The normalized spacial score (nSPS) is 18.0. The van der Waals surface area contributed by atoms with Crippen LogP contribution in [-0.4, -0.2) is 75.3 Å². The number of amides is 2. The van der Waals surface area contributed by atoms with Crippen molar-refractivity contribution in [3.8, 4) is 18.1 Å². The quantitative estimate of drug-likeness (QED) is 0.627. The van der Waals surface area contributed by atoms with Crippen LogP contribution in [0, 0.1) is 12.3 Å². The third-order valence-electron chi connectivity index (χ3n) is 4.31. The lowest BCUT2D eigenvalue weighted by Crippen LogP contribution is -2.51. The van der Waals surface area contributed by atoms with E-state index in [1.54, 1.807) is 0 Å². The molecule has 9 nitrogen and oxygen atoms in total. The van der Waals surface area contributed by atoms with Gasteiger partial charge in [0.25, 0.3) is 5.91 Å². The molecule has 0 bridgehead atoms. The molecule has 0 spiro atoms. The number of rotatable bonds is 5. The Morgan fingerprint density at radius 2 is 2.04 bits per heavy atom. The lowest BCUT2D eigenvalue weighted by Gasteiger charge is -2.33. The van der Waals surface area contributed by atoms with Gasteiger partial charge >= 0.3 is 0 Å². The third kappa shape index (κ3) is 4.39. The van der Waals surface area contributed by atoms with Crippen LogP contribution in [-0.2, 0) is 19.6 Å². The van der Waals surface area contributed by atoms with Crippen molar-refractivity contribution in [2.24, 2.45) is 0 Å². The number of benzene rings is 1. The summed E-state index contributed by atoms with van der Waals surface area (Å²) in [5.74, 6) is 2.21. The van der Waals surface area contributed by atoms with E-state index in [0.29, 0.717) is 24.5 Å². The standard InChI is InChI=1S/C17H20N4O5S/c1-2-5-18-16(22)11-20-6-8-21(9-7-20)27(24,25)13-3-4-14-15(10-13)26-12-17(23)19-14/h1,3-4,10H,5-9,11-12H2,(H,18,22)(H,19,23). The maximum atomic E-state index is 12.9. The first-order valence-corrected chi connectivity index (χ1v) is 9.83. The van der Waals surface area contributed by atoms with Crippen LogP contribution in [0.4, 0.5) is 5.69 Å². The average molecular weight is 392 g/mol. The number of anilines is 1. The first kappa shape index (κ1) is 19.2. The number of terminal acetylenes is 1. The van der Waals surface area contributed by atoms with Gasteiger partial charge in [-0.3, -0.25) is 14.5 Å². The summed E-state index contributed by atoms with van der Waals surface area (Å²) in [5.41, 5.74) is 0.452. The molecule has 0 radical (unpaired) electrons. The maximum absolute atomic E-state index is 12.9. The van der Waals surface area contributed by atoms with Crippen LogP contribution in [0.1, 0.15) is 0 Å². The highest BCUT2D eigenvalue weighted by Crippen LogP contribution is 2.31. The molecule has 0 unspecified atom stereocenters. The highest BCUT2D eigenvalue weighted by Gasteiger charge is 2.30. The molecule has 0 aliphatic carbocycles. The Morgan fingerprint density at radius 1 is 1.30 bits per heavy atom. The molecule has 27 heavy (non-hydrogen) atoms. The minimum Gasteiger partial charge on any atom is -0.482 e. The van der Waals surface area contributed by atoms with E-state index in [2.05, 4.69) is 16.6 Å². The summed E-state index contributed by atoms with van der Waals surface area (Å²) >= 11 is 0. The van der Waals surface area contributed by atoms with Crippen LogP contribution in [0.5, 0.6) is 5.75 Å². The number of carbonyl (C=O) groups is 2. The Hall–Kier alpha value is -2.61. The van der Waals surface area contributed by atoms with Crippen molar-refractivity contribution < 1.29 is 22.7 Å². The highest BCUT2D eigenvalue weighted by molar-refractivity contribution is 7.89. The van der Waals surface area contributed by atoms with Crippen molar-refractivity contribution in [2.45, 2.75) is 4.90 Å². The third-order valence-corrected chi connectivity index (χ3v) is 6.20. The van der Waals surface area contributed by atoms with Gasteiger partial charge in [0.15, 0.2) is 6.61 Å². The summed E-state index contributed by atoms with van der Waals surface area (Å²) in [4.78, 5) is 25.0. The van der Waals surface area contributed by atoms with Gasteiger partial charge in [0, 0.05) is 32.2 Å². The lowest BCUT2D eigenvalue weighted by atomic mass is 10.2. The maximum Gasteiger partial charge on any atom is 0.262 e. The predicted octanol–water partition coefficient (Wildman–Crippen LogP) is -0.927. The van der Waals surface area contributed by atoms with Gasteiger partial charge < -0.3 is 15.4 Å². The van der Waals surface area contributed by atoms with E-state index in [1.165, 1.54) is 22.5 Å². The van der Waals surface area contributed by atoms with Gasteiger partial charge in [-0.1, -0.05) is 5.92 Å². The number of carbonyl (C=O) groups excluding carboxylic acids is 2. The topological polar surface area (TPSA) is 108 Å². The van der Waals surface area contributed by atoms with E-state index in [9.17, 15) is 18.0 Å². The molecule has 0 saturated carbocycles. The number of fused-ring (bicyclic) bond motifs is 1. The molecule has 1 saturated heterocycles. The van der Waals surface area contributed by atoms with Gasteiger partial charge in [0.05, 0.1) is 23.7 Å². The molecule has 2 heterocycles. The minimum atomic E-state index is -3.69. The molecular weight excluding hydrogens is 372 g/mol. The molecule has 2 aliphatic heterocycles. The summed E-state index contributed by atoms with van der Waals surface area (Å²) in [6.07, 6.45) is 5.10. The van der Waals surface area contributed by atoms with E-state index < -0.39 is 10.0 Å². The first-order valence-electron chi connectivity index (χ1n) is 8.39. The molecule has 3 rings (SSSR count). The second-order valence-electron chi connectivity index (χ2n) is 6.16. The fourth-order valence-corrected chi connectivity index (χ4v) is 4.34. The van der Waals surface area contributed by atoms with Gasteiger partial charge in [0.1, 0.15) is 5.75 Å². The van der Waals surface area contributed by atoms with Crippen LogP contribution in [0.3, 0.4) is 0 Å². The van der Waals surface area contributed by atoms with Crippen LogP contribution in [0.2, 0.25) is 0 Å². The van der Waals surface area contributed by atoms with E-state index in [0.717, 1.165) is 0 Å². The molecule has 10 heteroatoms. The van der Waals surface area contributed by atoms with Gasteiger partial charge in [-0.2, -0.15) is 4.31 Å². The molecular formula is C17H20N4O5S. The zero-order chi connectivity index (χ0) is 19.4. The molecule has 0 aromatic heterocycles. The van der Waals surface area contributed by atoms with Crippen molar-refractivity contribution in [3.05, 3.63) is 18.2 Å². The summed E-state index contributed by atoms with van der Waals surface area (Å²) in [7, 11) is -3.69. The van der Waals surface area contributed by atoms with Crippen molar-refractivity contribution >= 4 is 27.5 Å². The highest BCUT2D eigenvalue weighted by atomic mass is 32.2. The zero-order valence-electron chi connectivity index (χ0n) is 14.6. The average Bonchev–Trinajstić information content (AvgIpc) is 2.66. The first-order chi connectivity index (χ1) is 12.9. The van der Waals surface area contributed by atoms with Crippen LogP contribution < -0.4 is 15.4 Å². The Bertz CT molecular complexity index is 885. The van der Waals surface area contributed by atoms with E-state index >= 15 is 0 Å². The Kier molecular flexibility index (Phi) is 5.65. The summed E-state index contributed by atoms with van der Waals surface area (Å²) < 4.78 is 32.4. The van der Waals surface area contributed by atoms with Gasteiger partial charge in [-0.15, -0.1) is 6.42 Å². The van der Waals surface area contributed by atoms with Crippen LogP contribution in [0.25, 0.3) is 0 Å². The van der Waals surface area contributed by atoms with Crippen molar-refractivity contribution in [2.75, 3.05) is 51.2 Å². The summed E-state index contributed by atoms with van der Waals surface area (Å²) in [5, 5.41) is 5.21. The molecule has 1 fully saturated rings. The number of nitrogens with zero attached hydrogens (tertiary/aromatic N) is 2. The molecule has 0 atom stereocenters. The van der Waals surface area contributed by atoms with Gasteiger partial charge in [-0.25, -0.2) is 8.42 Å². The lowest BCUT2D eigenvalue weighted by molar-refractivity contribution is -0.122. The monoisotopic (exact) mass is 392 g/mol. The number of hydrogen-bond acceptors (Lipinski definition) is 6. The van der Waals surface area contributed by atoms with Gasteiger partial charge in [0.2, 0.25) is 15.9 Å². The fraction of sp³-hybridized carbons (Fsp3) is 0.412. The zero-order valence-corrected chi connectivity index (χ0v) is 15.4. The molecule has 2 N–H and O–H groups in total. The largest absolute Gasteiger partial charge is 0.482 e. The Labute approximate surface area is 157 Å². The molecule has 1 aromatic rings. The Morgan fingerprint density at radius 3 is 2.74 bits per heavy atom. The fourth-order valence-electron chi connectivity index (χ4n) is 2.90. The SMILES string of the molecule is C#CCNC(=O)CN1CCN(S(=O)(=O)c2ccc3c(c2)OCC(=O)N3)CC1. The van der Waals surface area contributed by atoms with Gasteiger partial charge in [-0.05, 0) is 12.1 Å². The van der Waals surface area contributed by atoms with E-state index in [4.69, 9.17) is 11.2 Å². The number of hydrogen-bond donors (Lipinski definition) is 2.